The number of hydrogen-bond acceptors (Lipinski definition) is 8. The molecule has 3 saturated heterocycles. The van der Waals surface area contributed by atoms with E-state index >= 15 is 0 Å². The van der Waals surface area contributed by atoms with Gasteiger partial charge in [-0.3, -0.25) is 14.6 Å². The summed E-state index contributed by atoms with van der Waals surface area (Å²) in [6.07, 6.45) is 2.49. The molecule has 8 heteroatoms. The van der Waals surface area contributed by atoms with E-state index < -0.39 is 0 Å². The predicted octanol–water partition coefficient (Wildman–Crippen LogP) is 1.97. The Morgan fingerprint density at radius 1 is 1.03 bits per heavy atom. The zero-order valence-corrected chi connectivity index (χ0v) is 17.2. The summed E-state index contributed by atoms with van der Waals surface area (Å²) >= 11 is 0. The molecule has 8 nitrogen and oxygen atoms in total. The Morgan fingerprint density at radius 3 is 2.57 bits per heavy atom. The van der Waals surface area contributed by atoms with Gasteiger partial charge in [0.15, 0.2) is 5.82 Å². The molecule has 0 N–H and O–H groups in total. The van der Waals surface area contributed by atoms with Crippen LogP contribution in [0.3, 0.4) is 0 Å². The van der Waals surface area contributed by atoms with Gasteiger partial charge in [0.25, 0.3) is 5.89 Å². The van der Waals surface area contributed by atoms with Crippen LogP contribution in [0.4, 0.5) is 0 Å². The molecule has 160 valence electrons. The Bertz CT molecular complexity index is 857. The van der Waals surface area contributed by atoms with Gasteiger partial charge in [0.2, 0.25) is 0 Å². The van der Waals surface area contributed by atoms with Crippen LogP contribution in [-0.4, -0.2) is 78.0 Å². The molecule has 0 aliphatic carbocycles. The van der Waals surface area contributed by atoms with Gasteiger partial charge in [-0.05, 0) is 38.1 Å². The number of benzene rings is 1. The molecule has 0 amide bonds. The van der Waals surface area contributed by atoms with Gasteiger partial charge >= 0.3 is 5.97 Å². The first kappa shape index (κ1) is 19.7. The average molecular weight is 412 g/mol. The van der Waals surface area contributed by atoms with Crippen molar-refractivity contribution < 1.29 is 18.8 Å². The van der Waals surface area contributed by atoms with Crippen LogP contribution in [0.1, 0.15) is 25.1 Å². The highest BCUT2D eigenvalue weighted by Crippen LogP contribution is 2.43. The van der Waals surface area contributed by atoms with Gasteiger partial charge in [0.05, 0.1) is 25.2 Å². The smallest absolute Gasteiger partial charge is 0.312 e. The summed E-state index contributed by atoms with van der Waals surface area (Å²) in [4.78, 5) is 21.9. The number of esters is 1. The van der Waals surface area contributed by atoms with E-state index in [-0.39, 0.29) is 17.5 Å². The Morgan fingerprint density at radius 2 is 1.80 bits per heavy atom. The van der Waals surface area contributed by atoms with E-state index in [1.807, 2.05) is 30.3 Å². The lowest BCUT2D eigenvalue weighted by Gasteiger charge is -2.36. The molecule has 1 spiro atoms. The fourth-order valence-electron chi connectivity index (χ4n) is 4.77. The summed E-state index contributed by atoms with van der Waals surface area (Å²) in [7, 11) is 0. The summed E-state index contributed by atoms with van der Waals surface area (Å²) in [6, 6.07) is 9.79. The SMILES string of the molecule is O=C1OC(CN2CCOCC2)CC12CCN(Cc1noc(-c3ccccc3)n1)CC2. The molecule has 30 heavy (non-hydrogen) atoms. The minimum Gasteiger partial charge on any atom is -0.461 e. The van der Waals surface area contributed by atoms with Crippen molar-refractivity contribution in [1.29, 1.82) is 0 Å². The Hall–Kier alpha value is -2.29. The number of rotatable bonds is 5. The number of carbonyl (C=O) groups is 1. The van der Waals surface area contributed by atoms with E-state index in [0.717, 1.165) is 70.8 Å². The third-order valence-electron chi connectivity index (χ3n) is 6.56. The number of piperidine rings is 1. The molecule has 3 fully saturated rings. The lowest BCUT2D eigenvalue weighted by molar-refractivity contribution is -0.151. The Labute approximate surface area is 176 Å². The van der Waals surface area contributed by atoms with E-state index in [1.54, 1.807) is 0 Å². The Balaban J connectivity index is 1.14. The van der Waals surface area contributed by atoms with Crippen LogP contribution in [0.25, 0.3) is 11.5 Å². The summed E-state index contributed by atoms with van der Waals surface area (Å²) in [6.45, 7) is 6.52. The van der Waals surface area contributed by atoms with Crippen LogP contribution in [0.15, 0.2) is 34.9 Å². The number of likely N-dealkylation sites (tertiary alicyclic amines) is 1. The highest BCUT2D eigenvalue weighted by atomic mass is 16.6. The lowest BCUT2D eigenvalue weighted by Crippen LogP contribution is -2.43. The molecular formula is C22H28N4O4. The predicted molar refractivity (Wildman–Crippen MR) is 108 cm³/mol. The van der Waals surface area contributed by atoms with Gasteiger partial charge in [-0.25, -0.2) is 0 Å². The minimum absolute atomic E-state index is 0.00721. The Kier molecular flexibility index (Phi) is 5.54. The molecule has 3 aliphatic rings. The first-order chi connectivity index (χ1) is 14.7. The molecular weight excluding hydrogens is 384 g/mol. The number of cyclic esters (lactones) is 1. The van der Waals surface area contributed by atoms with Gasteiger partial charge in [0, 0.05) is 31.6 Å². The van der Waals surface area contributed by atoms with Gasteiger partial charge in [-0.1, -0.05) is 23.4 Å². The van der Waals surface area contributed by atoms with Crippen molar-refractivity contribution in [3.8, 4) is 11.5 Å². The zero-order chi connectivity index (χ0) is 20.4. The lowest BCUT2D eigenvalue weighted by atomic mass is 9.76. The number of ether oxygens (including phenoxy) is 2. The highest BCUT2D eigenvalue weighted by molar-refractivity contribution is 5.79. The van der Waals surface area contributed by atoms with Crippen molar-refractivity contribution in [3.05, 3.63) is 36.2 Å². The molecule has 2 aromatic rings. The maximum absolute atomic E-state index is 12.7. The summed E-state index contributed by atoms with van der Waals surface area (Å²) < 4.78 is 16.6. The van der Waals surface area contributed by atoms with Crippen LogP contribution in [-0.2, 0) is 20.8 Å². The van der Waals surface area contributed by atoms with E-state index in [0.29, 0.717) is 18.3 Å². The second kappa shape index (κ2) is 8.45. The van der Waals surface area contributed by atoms with E-state index in [4.69, 9.17) is 14.0 Å². The molecule has 1 aromatic carbocycles. The molecule has 1 atom stereocenters. The van der Waals surface area contributed by atoms with Crippen molar-refractivity contribution in [3.63, 3.8) is 0 Å². The van der Waals surface area contributed by atoms with E-state index in [9.17, 15) is 4.79 Å². The maximum Gasteiger partial charge on any atom is 0.312 e. The fourth-order valence-corrected chi connectivity index (χ4v) is 4.77. The van der Waals surface area contributed by atoms with Crippen molar-refractivity contribution in [2.45, 2.75) is 31.9 Å². The second-order valence-corrected chi connectivity index (χ2v) is 8.58. The number of aromatic nitrogens is 2. The molecule has 0 saturated carbocycles. The number of morpholine rings is 1. The third kappa shape index (κ3) is 4.12. The van der Waals surface area contributed by atoms with Crippen LogP contribution < -0.4 is 0 Å². The number of nitrogens with zero attached hydrogens (tertiary/aromatic N) is 4. The van der Waals surface area contributed by atoms with E-state index in [2.05, 4.69) is 19.9 Å². The topological polar surface area (TPSA) is 80.9 Å². The maximum atomic E-state index is 12.7. The minimum atomic E-state index is -0.320. The van der Waals surface area contributed by atoms with Gasteiger partial charge in [-0.2, -0.15) is 4.98 Å². The first-order valence-corrected chi connectivity index (χ1v) is 10.8. The average Bonchev–Trinajstić information content (AvgIpc) is 3.36. The fraction of sp³-hybridized carbons (Fsp3) is 0.591. The number of carbonyl (C=O) groups excluding carboxylic acids is 1. The molecule has 3 aliphatic heterocycles. The highest BCUT2D eigenvalue weighted by Gasteiger charge is 2.50. The standard InChI is InChI=1S/C22H28N4O4/c27-21-22(14-18(29-21)15-26-10-12-28-13-11-26)6-8-25(9-7-22)16-19-23-20(30-24-19)17-4-2-1-3-5-17/h1-5,18H,6-16H2. The van der Waals surface area contributed by atoms with Crippen molar-refractivity contribution in [1.82, 2.24) is 19.9 Å². The van der Waals surface area contributed by atoms with Crippen molar-refractivity contribution in [2.24, 2.45) is 5.41 Å². The molecule has 4 heterocycles. The summed E-state index contributed by atoms with van der Waals surface area (Å²) in [5, 5.41) is 4.13. The quantitative estimate of drug-likeness (QED) is 0.690. The molecule has 1 aromatic heterocycles. The molecule has 0 radical (unpaired) electrons. The number of hydrogen-bond donors (Lipinski definition) is 0. The molecule has 5 rings (SSSR count). The summed E-state index contributed by atoms with van der Waals surface area (Å²) in [5.74, 6) is 1.22. The van der Waals surface area contributed by atoms with Crippen LogP contribution in [0.5, 0.6) is 0 Å². The van der Waals surface area contributed by atoms with Crippen LogP contribution in [0.2, 0.25) is 0 Å². The van der Waals surface area contributed by atoms with Gasteiger partial charge in [-0.15, -0.1) is 0 Å². The molecule has 0 bridgehead atoms. The van der Waals surface area contributed by atoms with Crippen LogP contribution >= 0.6 is 0 Å². The van der Waals surface area contributed by atoms with Gasteiger partial charge < -0.3 is 14.0 Å². The van der Waals surface area contributed by atoms with Crippen LogP contribution in [0, 0.1) is 5.41 Å². The first-order valence-electron chi connectivity index (χ1n) is 10.8. The largest absolute Gasteiger partial charge is 0.461 e. The summed E-state index contributed by atoms with van der Waals surface area (Å²) in [5.41, 5.74) is 0.605. The normalized spacial score (nSPS) is 24.9. The molecule has 1 unspecified atom stereocenters. The second-order valence-electron chi connectivity index (χ2n) is 8.58. The van der Waals surface area contributed by atoms with E-state index in [1.165, 1.54) is 0 Å². The zero-order valence-electron chi connectivity index (χ0n) is 17.2. The van der Waals surface area contributed by atoms with Crippen molar-refractivity contribution in [2.75, 3.05) is 45.9 Å². The monoisotopic (exact) mass is 412 g/mol. The third-order valence-corrected chi connectivity index (χ3v) is 6.56. The van der Waals surface area contributed by atoms with Gasteiger partial charge in [0.1, 0.15) is 6.10 Å². The van der Waals surface area contributed by atoms with Crippen molar-refractivity contribution >= 4 is 5.97 Å².